The Kier molecular flexibility index (Phi) is 5.35. The lowest BCUT2D eigenvalue weighted by molar-refractivity contribution is 0.0952. The van der Waals surface area contributed by atoms with Crippen molar-refractivity contribution in [3.8, 4) is 11.5 Å². The molecule has 2 aromatic rings. The van der Waals surface area contributed by atoms with Crippen LogP contribution in [0.3, 0.4) is 0 Å². The van der Waals surface area contributed by atoms with Crippen molar-refractivity contribution in [2.24, 2.45) is 0 Å². The molecule has 0 bridgehead atoms. The van der Waals surface area contributed by atoms with Gasteiger partial charge in [-0.1, -0.05) is 23.1 Å². The smallest absolute Gasteiger partial charge is 0.251 e. The molecule has 3 rings (SSSR count). The number of thioether (sulfide) groups is 1. The molecule has 1 amide bonds. The zero-order valence-electron chi connectivity index (χ0n) is 12.7. The van der Waals surface area contributed by atoms with Crippen LogP contribution < -0.4 is 14.8 Å². The maximum Gasteiger partial charge on any atom is 0.251 e. The van der Waals surface area contributed by atoms with Gasteiger partial charge >= 0.3 is 0 Å². The van der Waals surface area contributed by atoms with Gasteiger partial charge < -0.3 is 14.8 Å². The van der Waals surface area contributed by atoms with Crippen LogP contribution in [0.15, 0.2) is 22.5 Å². The second kappa shape index (κ2) is 7.65. The van der Waals surface area contributed by atoms with E-state index in [1.165, 1.54) is 0 Å². The highest BCUT2D eigenvalue weighted by molar-refractivity contribution is 8.01. The molecule has 1 aromatic heterocycles. The van der Waals surface area contributed by atoms with Crippen molar-refractivity contribution in [3.63, 3.8) is 0 Å². The molecule has 1 aliphatic heterocycles. The number of aryl methyl sites for hydroxylation is 1. The lowest BCUT2D eigenvalue weighted by atomic mass is 10.2. The predicted molar refractivity (Wildman–Crippen MR) is 89.8 cm³/mol. The zero-order chi connectivity index (χ0) is 16.1. The highest BCUT2D eigenvalue weighted by Gasteiger charge is 2.14. The number of fused-ring (bicyclic) bond motifs is 1. The van der Waals surface area contributed by atoms with Crippen LogP contribution in [0.5, 0.6) is 11.5 Å². The quantitative estimate of drug-likeness (QED) is 0.637. The maximum atomic E-state index is 12.1. The molecule has 2 heterocycles. The lowest BCUT2D eigenvalue weighted by Gasteiger charge is -2.18. The summed E-state index contributed by atoms with van der Waals surface area (Å²) < 4.78 is 11.9. The summed E-state index contributed by atoms with van der Waals surface area (Å²) in [6, 6.07) is 5.25. The van der Waals surface area contributed by atoms with Crippen molar-refractivity contribution >= 4 is 29.0 Å². The van der Waals surface area contributed by atoms with Crippen molar-refractivity contribution in [1.82, 2.24) is 15.5 Å². The second-order valence-electron chi connectivity index (χ2n) is 4.90. The van der Waals surface area contributed by atoms with Gasteiger partial charge in [0.1, 0.15) is 18.2 Å². The summed E-state index contributed by atoms with van der Waals surface area (Å²) in [5.41, 5.74) is 0.585. The molecule has 23 heavy (non-hydrogen) atoms. The molecule has 1 aromatic carbocycles. The lowest BCUT2D eigenvalue weighted by Crippen LogP contribution is -2.25. The number of carbonyl (C=O) groups excluding carboxylic acids is 1. The molecule has 0 radical (unpaired) electrons. The fraction of sp³-hybridized carbons (Fsp3) is 0.400. The molecule has 8 heteroatoms. The van der Waals surface area contributed by atoms with Crippen LogP contribution in [0.2, 0.25) is 0 Å². The number of nitrogens with zero attached hydrogens (tertiary/aromatic N) is 2. The predicted octanol–water partition coefficient (Wildman–Crippen LogP) is 2.53. The van der Waals surface area contributed by atoms with E-state index >= 15 is 0 Å². The molecule has 0 saturated heterocycles. The number of aromatic nitrogens is 2. The molecular formula is C15H17N3O3S2. The average Bonchev–Trinajstić information content (AvgIpc) is 2.99. The molecular weight excluding hydrogens is 334 g/mol. The van der Waals surface area contributed by atoms with Gasteiger partial charge in [0.05, 0.1) is 0 Å². The highest BCUT2D eigenvalue weighted by Crippen LogP contribution is 2.30. The molecule has 0 atom stereocenters. The first kappa shape index (κ1) is 16.1. The Morgan fingerprint density at radius 3 is 2.91 bits per heavy atom. The van der Waals surface area contributed by atoms with Crippen LogP contribution in [-0.2, 0) is 0 Å². The van der Waals surface area contributed by atoms with Crippen LogP contribution in [0.1, 0.15) is 21.8 Å². The van der Waals surface area contributed by atoms with E-state index in [4.69, 9.17) is 9.47 Å². The molecule has 0 fully saturated rings. The van der Waals surface area contributed by atoms with Crippen molar-refractivity contribution < 1.29 is 14.3 Å². The van der Waals surface area contributed by atoms with E-state index in [1.807, 2.05) is 6.92 Å². The summed E-state index contributed by atoms with van der Waals surface area (Å²) in [4.78, 5) is 12.1. The molecule has 0 unspecified atom stereocenters. The first-order valence-electron chi connectivity index (χ1n) is 7.33. The van der Waals surface area contributed by atoms with E-state index in [-0.39, 0.29) is 5.91 Å². The minimum Gasteiger partial charge on any atom is -0.486 e. The van der Waals surface area contributed by atoms with E-state index < -0.39 is 0 Å². The zero-order valence-corrected chi connectivity index (χ0v) is 14.3. The van der Waals surface area contributed by atoms with E-state index in [9.17, 15) is 4.79 Å². The third kappa shape index (κ3) is 4.35. The standard InChI is InChI=1S/C15H17N3O3S2/c1-10-17-18-15(23-10)22-8-2-5-16-14(19)11-3-4-12-13(9-11)21-7-6-20-12/h3-4,9H,2,5-8H2,1H3,(H,16,19). The number of ether oxygens (including phenoxy) is 2. The Bertz CT molecular complexity index is 690. The fourth-order valence-corrected chi connectivity index (χ4v) is 3.88. The van der Waals surface area contributed by atoms with E-state index in [0.29, 0.717) is 36.8 Å². The number of hydrogen-bond acceptors (Lipinski definition) is 7. The number of benzene rings is 1. The summed E-state index contributed by atoms with van der Waals surface area (Å²) in [5.74, 6) is 2.12. The van der Waals surface area contributed by atoms with Gasteiger partial charge in [-0.3, -0.25) is 4.79 Å². The Hall–Kier alpha value is -1.80. The van der Waals surface area contributed by atoms with E-state index in [2.05, 4.69) is 15.5 Å². The molecule has 0 spiro atoms. The largest absolute Gasteiger partial charge is 0.486 e. The Morgan fingerprint density at radius 1 is 1.30 bits per heavy atom. The first-order valence-corrected chi connectivity index (χ1v) is 9.13. The third-order valence-electron chi connectivity index (χ3n) is 3.14. The second-order valence-corrected chi connectivity index (χ2v) is 7.43. The number of amides is 1. The van der Waals surface area contributed by atoms with Gasteiger partial charge in [0.15, 0.2) is 15.8 Å². The molecule has 122 valence electrons. The number of carbonyl (C=O) groups is 1. The van der Waals surface area contributed by atoms with Crippen molar-refractivity contribution in [2.75, 3.05) is 25.5 Å². The van der Waals surface area contributed by atoms with E-state index in [0.717, 1.165) is 21.5 Å². The maximum absolute atomic E-state index is 12.1. The van der Waals surface area contributed by atoms with Crippen LogP contribution in [-0.4, -0.2) is 41.6 Å². The summed E-state index contributed by atoms with van der Waals surface area (Å²) in [6.07, 6.45) is 0.875. The Labute approximate surface area is 142 Å². The van der Waals surface area contributed by atoms with Gasteiger partial charge in [-0.05, 0) is 31.5 Å². The molecule has 6 nitrogen and oxygen atoms in total. The summed E-state index contributed by atoms with van der Waals surface area (Å²) in [6.45, 7) is 3.62. The minimum absolute atomic E-state index is 0.0984. The molecule has 1 N–H and O–H groups in total. The van der Waals surface area contributed by atoms with Gasteiger partial charge in [0.25, 0.3) is 5.91 Å². The Morgan fingerprint density at radius 2 is 2.13 bits per heavy atom. The van der Waals surface area contributed by atoms with Crippen molar-refractivity contribution in [2.45, 2.75) is 17.7 Å². The summed E-state index contributed by atoms with van der Waals surface area (Å²) in [7, 11) is 0. The average molecular weight is 351 g/mol. The molecule has 0 saturated carbocycles. The van der Waals surface area contributed by atoms with Crippen molar-refractivity contribution in [3.05, 3.63) is 28.8 Å². The minimum atomic E-state index is -0.0984. The molecule has 0 aliphatic carbocycles. The van der Waals surface area contributed by atoms with Gasteiger partial charge in [-0.25, -0.2) is 0 Å². The summed E-state index contributed by atoms with van der Waals surface area (Å²) in [5, 5.41) is 11.9. The van der Waals surface area contributed by atoms with Gasteiger partial charge in [0.2, 0.25) is 0 Å². The highest BCUT2D eigenvalue weighted by atomic mass is 32.2. The fourth-order valence-electron chi connectivity index (χ4n) is 2.06. The van der Waals surface area contributed by atoms with Crippen LogP contribution in [0.4, 0.5) is 0 Å². The van der Waals surface area contributed by atoms with Gasteiger partial charge in [0, 0.05) is 17.9 Å². The SMILES string of the molecule is Cc1nnc(SCCCNC(=O)c2ccc3c(c2)OCCO3)s1. The van der Waals surface area contributed by atoms with Crippen LogP contribution in [0.25, 0.3) is 0 Å². The van der Waals surface area contributed by atoms with Crippen LogP contribution >= 0.6 is 23.1 Å². The molecule has 1 aliphatic rings. The topological polar surface area (TPSA) is 73.3 Å². The van der Waals surface area contributed by atoms with Crippen LogP contribution in [0, 0.1) is 6.92 Å². The monoisotopic (exact) mass is 351 g/mol. The first-order chi connectivity index (χ1) is 11.2. The third-order valence-corrected chi connectivity index (χ3v) is 5.20. The van der Waals surface area contributed by atoms with Gasteiger partial charge in [-0.2, -0.15) is 0 Å². The summed E-state index contributed by atoms with van der Waals surface area (Å²) >= 11 is 3.25. The Balaban J connectivity index is 1.42. The van der Waals surface area contributed by atoms with Crippen molar-refractivity contribution in [1.29, 1.82) is 0 Å². The normalized spacial score (nSPS) is 12.9. The number of rotatable bonds is 6. The van der Waals surface area contributed by atoms with E-state index in [1.54, 1.807) is 41.3 Å². The number of nitrogens with one attached hydrogen (secondary N) is 1. The van der Waals surface area contributed by atoms with Gasteiger partial charge in [-0.15, -0.1) is 10.2 Å². The number of hydrogen-bond donors (Lipinski definition) is 1.